The zero-order valence-corrected chi connectivity index (χ0v) is 16.8. The molecule has 0 aromatic heterocycles. The average molecular weight is 370 g/mol. The molecule has 5 heterocycles. The van der Waals surface area contributed by atoms with Gasteiger partial charge in [0.2, 0.25) is 0 Å². The summed E-state index contributed by atoms with van der Waals surface area (Å²) in [5, 5.41) is 23.6. The highest BCUT2D eigenvalue weighted by Crippen LogP contribution is 2.71. The number of hydrogen-bond donors (Lipinski definition) is 2. The van der Waals surface area contributed by atoms with Crippen molar-refractivity contribution in [2.24, 2.45) is 17.8 Å². The zero-order valence-electron chi connectivity index (χ0n) is 16.8. The molecule has 27 heavy (non-hydrogen) atoms. The molecule has 5 aliphatic heterocycles. The van der Waals surface area contributed by atoms with E-state index in [-0.39, 0.29) is 17.7 Å². The number of benzene rings is 1. The van der Waals surface area contributed by atoms with Crippen LogP contribution in [-0.4, -0.2) is 58.7 Å². The number of aliphatic hydroxyl groups excluding tert-OH is 2. The fourth-order valence-corrected chi connectivity index (χ4v) is 9.23. The van der Waals surface area contributed by atoms with Crippen LogP contribution in [0.15, 0.2) is 24.3 Å². The molecule has 0 radical (unpaired) electrons. The van der Waals surface area contributed by atoms with Gasteiger partial charge in [0.1, 0.15) is 6.04 Å². The van der Waals surface area contributed by atoms with Gasteiger partial charge in [-0.15, -0.1) is 0 Å². The van der Waals surface area contributed by atoms with Crippen LogP contribution in [0.5, 0.6) is 0 Å². The third-order valence-corrected chi connectivity index (χ3v) is 9.73. The maximum atomic E-state index is 11.9. The minimum atomic E-state index is -0.271. The van der Waals surface area contributed by atoms with E-state index in [1.807, 2.05) is 0 Å². The second-order valence-corrected chi connectivity index (χ2v) is 10.1. The van der Waals surface area contributed by atoms with Crippen LogP contribution in [0.3, 0.4) is 0 Å². The van der Waals surface area contributed by atoms with Gasteiger partial charge in [-0.1, -0.05) is 32.0 Å². The number of nitrogens with zero attached hydrogens (tertiary/aromatic N) is 2. The minimum Gasteiger partial charge on any atom is -0.392 e. The first-order chi connectivity index (χ1) is 13.0. The predicted molar refractivity (Wildman–Crippen MR) is 105 cm³/mol. The molecule has 0 amide bonds. The molecule has 2 N–H and O–H groups in total. The third-order valence-electron chi connectivity index (χ3n) is 9.73. The van der Waals surface area contributed by atoms with Crippen molar-refractivity contribution in [3.05, 3.63) is 29.8 Å². The molecule has 6 aliphatic rings. The molecule has 4 heteroatoms. The molecular weight excluding hydrogens is 336 g/mol. The Morgan fingerprint density at radius 1 is 1.19 bits per heavy atom. The van der Waals surface area contributed by atoms with E-state index < -0.39 is 0 Å². The van der Waals surface area contributed by atoms with Gasteiger partial charge in [0.25, 0.3) is 0 Å². The highest BCUT2D eigenvalue weighted by molar-refractivity contribution is 5.66. The van der Waals surface area contributed by atoms with E-state index in [0.717, 1.165) is 30.3 Å². The molecule has 1 aromatic carbocycles. The summed E-state index contributed by atoms with van der Waals surface area (Å²) < 4.78 is 0.873. The Kier molecular flexibility index (Phi) is 3.17. The van der Waals surface area contributed by atoms with Crippen molar-refractivity contribution in [1.82, 2.24) is 0 Å². The van der Waals surface area contributed by atoms with Crippen molar-refractivity contribution in [3.63, 3.8) is 0 Å². The van der Waals surface area contributed by atoms with Crippen molar-refractivity contribution in [1.29, 1.82) is 0 Å². The quantitative estimate of drug-likeness (QED) is 0.805. The normalized spacial score (nSPS) is 53.7. The maximum Gasteiger partial charge on any atom is 0.194 e. The SMILES string of the molecule is CCC[N@+]12[C@H](O)[C@@H](CC)[C@H]3C[C@H]1[C@@H]1N(C)c4ccccc4[C@]14C[C@H]2[C@H]3C4O. The van der Waals surface area contributed by atoms with Crippen LogP contribution < -0.4 is 4.90 Å². The monoisotopic (exact) mass is 369 g/mol. The first-order valence-corrected chi connectivity index (χ1v) is 11.1. The maximum absolute atomic E-state index is 11.9. The lowest BCUT2D eigenvalue weighted by molar-refractivity contribution is -1.04. The Morgan fingerprint density at radius 3 is 2.70 bits per heavy atom. The Hall–Kier alpha value is -1.10. The lowest BCUT2D eigenvalue weighted by Crippen LogP contribution is -2.83. The number of anilines is 1. The lowest BCUT2D eigenvalue weighted by Gasteiger charge is -2.68. The molecule has 5 bridgehead atoms. The summed E-state index contributed by atoms with van der Waals surface area (Å²) in [5.41, 5.74) is 2.56. The minimum absolute atomic E-state index is 0.127. The standard InChI is InChI=1S/C23H33N2O2/c1-4-10-25-17-11-14(13(5-2)22(25)27)19-18(25)12-23(21(19)26)15-8-6-7-9-16(15)24(3)20(17)23/h6-9,13-14,17-22,26-27H,4-5,10-12H2,1-3H3/q+1/t13-,14+,17-,18-,19-,20-,21?,22+,23+,25-/m0/s1. The molecule has 4 saturated heterocycles. The lowest BCUT2D eigenvalue weighted by atomic mass is 9.60. The Morgan fingerprint density at radius 2 is 1.96 bits per heavy atom. The summed E-state index contributed by atoms with van der Waals surface area (Å²) >= 11 is 0. The predicted octanol–water partition coefficient (Wildman–Crippen LogP) is 2.48. The molecule has 4 nitrogen and oxygen atoms in total. The number of likely N-dealkylation sites (N-methyl/N-ethyl adjacent to an activating group) is 1. The van der Waals surface area contributed by atoms with E-state index in [0.29, 0.717) is 35.9 Å². The molecule has 7 rings (SSSR count). The number of fused-ring (bicyclic) bond motifs is 2. The largest absolute Gasteiger partial charge is 0.392 e. The summed E-state index contributed by atoms with van der Waals surface area (Å²) in [5.74, 6) is 1.18. The van der Waals surface area contributed by atoms with Crippen molar-refractivity contribution in [3.8, 4) is 0 Å². The average Bonchev–Trinajstić information content (AvgIpc) is 3.06. The number of aliphatic hydroxyl groups is 2. The first kappa shape index (κ1) is 16.8. The number of piperidine rings is 4. The molecule has 1 aliphatic carbocycles. The highest BCUT2D eigenvalue weighted by atomic mass is 16.3. The molecule has 1 saturated carbocycles. The van der Waals surface area contributed by atoms with E-state index in [1.54, 1.807) is 0 Å². The van der Waals surface area contributed by atoms with Crippen molar-refractivity contribution >= 4 is 5.69 Å². The molecule has 10 atom stereocenters. The van der Waals surface area contributed by atoms with Crippen molar-refractivity contribution < 1.29 is 14.7 Å². The summed E-state index contributed by atoms with van der Waals surface area (Å²) in [4.78, 5) is 2.48. The van der Waals surface area contributed by atoms with E-state index in [9.17, 15) is 10.2 Å². The Balaban J connectivity index is 1.62. The van der Waals surface area contributed by atoms with Crippen LogP contribution in [0.25, 0.3) is 0 Å². The van der Waals surface area contributed by atoms with Gasteiger partial charge < -0.3 is 15.1 Å². The number of quaternary nitrogens is 1. The summed E-state index contributed by atoms with van der Waals surface area (Å²) in [6, 6.07) is 9.97. The zero-order chi connectivity index (χ0) is 18.7. The van der Waals surface area contributed by atoms with Crippen LogP contribution in [-0.2, 0) is 5.41 Å². The number of para-hydroxylation sites is 1. The topological polar surface area (TPSA) is 43.7 Å². The summed E-state index contributed by atoms with van der Waals surface area (Å²) in [7, 11) is 2.23. The molecular formula is C23H33N2O2+. The Bertz CT molecular complexity index is 798. The van der Waals surface area contributed by atoms with E-state index in [4.69, 9.17) is 0 Å². The van der Waals surface area contributed by atoms with Gasteiger partial charge in [0.15, 0.2) is 6.23 Å². The van der Waals surface area contributed by atoms with Gasteiger partial charge in [-0.25, -0.2) is 0 Å². The first-order valence-electron chi connectivity index (χ1n) is 11.1. The Labute approximate surface area is 162 Å². The van der Waals surface area contributed by atoms with Crippen LogP contribution in [0, 0.1) is 17.8 Å². The molecule has 5 fully saturated rings. The van der Waals surface area contributed by atoms with Crippen LogP contribution in [0.4, 0.5) is 5.69 Å². The second kappa shape index (κ2) is 5.08. The fraction of sp³-hybridized carbons (Fsp3) is 0.739. The van der Waals surface area contributed by atoms with Gasteiger partial charge in [-0.2, -0.15) is 0 Å². The summed E-state index contributed by atoms with van der Waals surface area (Å²) in [6.45, 7) is 5.56. The molecule has 1 aromatic rings. The van der Waals surface area contributed by atoms with Crippen molar-refractivity contribution in [2.75, 3.05) is 18.5 Å². The van der Waals surface area contributed by atoms with Crippen LogP contribution in [0.1, 0.15) is 45.1 Å². The number of hydrogen-bond acceptors (Lipinski definition) is 3. The van der Waals surface area contributed by atoms with E-state index in [1.165, 1.54) is 17.7 Å². The van der Waals surface area contributed by atoms with E-state index in [2.05, 4.69) is 50.1 Å². The fourth-order valence-electron chi connectivity index (χ4n) is 9.23. The molecule has 146 valence electrons. The van der Waals surface area contributed by atoms with E-state index >= 15 is 0 Å². The molecule has 1 unspecified atom stereocenters. The van der Waals surface area contributed by atoms with Gasteiger partial charge in [0, 0.05) is 37.4 Å². The van der Waals surface area contributed by atoms with Crippen molar-refractivity contribution in [2.45, 2.75) is 75.4 Å². The molecule has 1 spiro atoms. The number of rotatable bonds is 3. The van der Waals surface area contributed by atoms with Gasteiger partial charge in [-0.05, 0) is 30.4 Å². The second-order valence-electron chi connectivity index (χ2n) is 10.1. The van der Waals surface area contributed by atoms with Crippen LogP contribution >= 0.6 is 0 Å². The third kappa shape index (κ3) is 1.51. The van der Waals surface area contributed by atoms with Gasteiger partial charge >= 0.3 is 0 Å². The summed E-state index contributed by atoms with van der Waals surface area (Å²) in [6.07, 6.45) is 3.84. The van der Waals surface area contributed by atoms with Gasteiger partial charge in [-0.3, -0.25) is 4.48 Å². The smallest absolute Gasteiger partial charge is 0.194 e. The van der Waals surface area contributed by atoms with Crippen LogP contribution in [0.2, 0.25) is 0 Å². The highest BCUT2D eigenvalue weighted by Gasteiger charge is 2.82. The van der Waals surface area contributed by atoms with Gasteiger partial charge in [0.05, 0.1) is 30.1 Å².